The fraction of sp³-hybridized carbons (Fsp3) is 0.308. The molecule has 0 atom stereocenters. The molecule has 1 aromatic heterocycles. The van der Waals surface area contributed by atoms with Crippen LogP contribution in [-0.4, -0.2) is 18.2 Å². The van der Waals surface area contributed by atoms with Crippen molar-refractivity contribution in [1.29, 1.82) is 0 Å². The van der Waals surface area contributed by atoms with Crippen molar-refractivity contribution < 1.29 is 8.42 Å². The van der Waals surface area contributed by atoms with E-state index in [1.165, 1.54) is 10.7 Å². The number of nitrogens with zero attached hydrogens (tertiary/aromatic N) is 2. The lowest BCUT2D eigenvalue weighted by molar-refractivity contribution is 0.591. The van der Waals surface area contributed by atoms with Crippen LogP contribution in [-0.2, 0) is 29.1 Å². The largest absolute Gasteiger partial charge is 0.399 e. The summed E-state index contributed by atoms with van der Waals surface area (Å²) < 4.78 is 27.1. The zero-order valence-corrected chi connectivity index (χ0v) is 14.8. The fourth-order valence-corrected chi connectivity index (χ4v) is 5.06. The molecule has 0 fully saturated rings. The van der Waals surface area contributed by atoms with Gasteiger partial charge in [-0.3, -0.25) is 4.68 Å². The number of aromatic nitrogens is 2. The summed E-state index contributed by atoms with van der Waals surface area (Å²) >= 11 is 9.45. The number of hydrogen-bond acceptors (Lipinski definition) is 4. The van der Waals surface area contributed by atoms with Crippen molar-refractivity contribution in [3.05, 3.63) is 39.1 Å². The number of aryl methyl sites for hydroxylation is 2. The Labute approximate surface area is 137 Å². The summed E-state index contributed by atoms with van der Waals surface area (Å²) in [5.74, 6) is -0.210. The zero-order chi connectivity index (χ0) is 15.8. The van der Waals surface area contributed by atoms with E-state index in [1.54, 1.807) is 19.2 Å². The first-order valence-electron chi connectivity index (χ1n) is 6.24. The van der Waals surface area contributed by atoms with Crippen molar-refractivity contribution in [3.8, 4) is 0 Å². The van der Waals surface area contributed by atoms with Gasteiger partial charge in [-0.25, -0.2) is 8.42 Å². The van der Waals surface area contributed by atoms with Crippen LogP contribution < -0.4 is 5.73 Å². The third kappa shape index (κ3) is 3.25. The second kappa shape index (κ2) is 5.98. The second-order valence-electron chi connectivity index (χ2n) is 4.63. The van der Waals surface area contributed by atoms with E-state index in [2.05, 4.69) is 21.0 Å². The van der Waals surface area contributed by atoms with Crippen LogP contribution in [0.15, 0.2) is 27.6 Å². The van der Waals surface area contributed by atoms with Crippen molar-refractivity contribution in [1.82, 2.24) is 9.78 Å². The molecule has 0 radical (unpaired) electrons. The molecular weight excluding hydrogens is 378 g/mol. The lowest BCUT2D eigenvalue weighted by Crippen LogP contribution is -2.10. The minimum absolute atomic E-state index is 0.187. The highest BCUT2D eigenvalue weighted by atomic mass is 79.9. The molecule has 2 N–H and O–H groups in total. The van der Waals surface area contributed by atoms with E-state index in [9.17, 15) is 8.42 Å². The first-order chi connectivity index (χ1) is 9.76. The topological polar surface area (TPSA) is 78.0 Å². The summed E-state index contributed by atoms with van der Waals surface area (Å²) in [7, 11) is -1.86. The highest BCUT2D eigenvalue weighted by molar-refractivity contribution is 9.10. The molecule has 1 heterocycles. The zero-order valence-electron chi connectivity index (χ0n) is 11.6. The van der Waals surface area contributed by atoms with Crippen molar-refractivity contribution in [3.63, 3.8) is 0 Å². The first kappa shape index (κ1) is 16.3. The average molecular weight is 393 g/mol. The molecule has 2 aromatic rings. The molecule has 0 bridgehead atoms. The SMILES string of the molecule is CCc1nn(C)c(CS(=O)(=O)c2ccc(N)cc2Br)c1Cl. The molecule has 5 nitrogen and oxygen atoms in total. The quantitative estimate of drug-likeness (QED) is 0.811. The lowest BCUT2D eigenvalue weighted by atomic mass is 10.3. The second-order valence-corrected chi connectivity index (χ2v) is 7.82. The van der Waals surface area contributed by atoms with Crippen LogP contribution in [0.5, 0.6) is 0 Å². The van der Waals surface area contributed by atoms with E-state index in [4.69, 9.17) is 17.3 Å². The minimum Gasteiger partial charge on any atom is -0.399 e. The Morgan fingerprint density at radius 2 is 2.10 bits per heavy atom. The van der Waals surface area contributed by atoms with Crippen molar-refractivity contribution in [2.45, 2.75) is 24.0 Å². The van der Waals surface area contributed by atoms with Gasteiger partial charge in [-0.15, -0.1) is 0 Å². The summed E-state index contributed by atoms with van der Waals surface area (Å²) in [4.78, 5) is 0.187. The predicted octanol–water partition coefficient (Wildman–Crippen LogP) is 2.95. The molecule has 0 unspecified atom stereocenters. The maximum Gasteiger partial charge on any atom is 0.185 e. The Balaban J connectivity index is 2.45. The van der Waals surface area contributed by atoms with Crippen LogP contribution in [0.25, 0.3) is 0 Å². The molecule has 0 aliphatic rings. The molecule has 0 aliphatic carbocycles. The maximum atomic E-state index is 12.6. The number of sulfone groups is 1. The van der Waals surface area contributed by atoms with E-state index < -0.39 is 9.84 Å². The highest BCUT2D eigenvalue weighted by Crippen LogP contribution is 2.29. The molecule has 114 valence electrons. The Hall–Kier alpha value is -1.05. The summed E-state index contributed by atoms with van der Waals surface area (Å²) in [5, 5.41) is 4.64. The van der Waals surface area contributed by atoms with Crippen LogP contribution in [0.2, 0.25) is 5.02 Å². The highest BCUT2D eigenvalue weighted by Gasteiger charge is 2.23. The van der Waals surface area contributed by atoms with Gasteiger partial charge in [0, 0.05) is 17.2 Å². The van der Waals surface area contributed by atoms with Crippen molar-refractivity contribution in [2.75, 3.05) is 5.73 Å². The average Bonchev–Trinajstić information content (AvgIpc) is 2.65. The molecule has 0 amide bonds. The van der Waals surface area contributed by atoms with Crippen molar-refractivity contribution >= 4 is 43.1 Å². The van der Waals surface area contributed by atoms with Crippen LogP contribution in [0, 0.1) is 0 Å². The van der Waals surface area contributed by atoms with Gasteiger partial charge in [0.05, 0.1) is 27.1 Å². The van der Waals surface area contributed by atoms with Gasteiger partial charge in [0.2, 0.25) is 0 Å². The number of halogens is 2. The predicted molar refractivity (Wildman–Crippen MR) is 87.0 cm³/mol. The van der Waals surface area contributed by atoms with Gasteiger partial charge >= 0.3 is 0 Å². The molecule has 0 spiro atoms. The number of hydrogen-bond donors (Lipinski definition) is 1. The molecular formula is C13H15BrClN3O2S. The Kier molecular flexibility index (Phi) is 4.65. The summed E-state index contributed by atoms with van der Waals surface area (Å²) in [5.41, 5.74) is 7.30. The maximum absolute atomic E-state index is 12.6. The molecule has 0 aliphatic heterocycles. The van der Waals surface area contributed by atoms with Crippen LogP contribution in [0.4, 0.5) is 5.69 Å². The van der Waals surface area contributed by atoms with Crippen LogP contribution in [0.1, 0.15) is 18.3 Å². The summed E-state index contributed by atoms with van der Waals surface area (Å²) in [6.07, 6.45) is 0.651. The van der Waals surface area contributed by atoms with Gasteiger partial charge < -0.3 is 5.73 Å². The van der Waals surface area contributed by atoms with Gasteiger partial charge in [0.15, 0.2) is 9.84 Å². The van der Waals surface area contributed by atoms with Gasteiger partial charge in [-0.05, 0) is 40.5 Å². The molecule has 2 rings (SSSR count). The number of nitrogens with two attached hydrogens (primary N) is 1. The number of nitrogen functional groups attached to an aromatic ring is 1. The minimum atomic E-state index is -3.55. The third-order valence-corrected chi connectivity index (χ3v) is 6.16. The Morgan fingerprint density at radius 1 is 1.43 bits per heavy atom. The molecule has 8 heteroatoms. The van der Waals surface area contributed by atoms with Crippen LogP contribution in [0.3, 0.4) is 0 Å². The summed E-state index contributed by atoms with van der Waals surface area (Å²) in [6, 6.07) is 4.61. The van der Waals surface area contributed by atoms with Crippen LogP contribution >= 0.6 is 27.5 Å². The van der Waals surface area contributed by atoms with E-state index in [0.29, 0.717) is 33.0 Å². The monoisotopic (exact) mass is 391 g/mol. The third-order valence-electron chi connectivity index (χ3n) is 3.12. The molecule has 0 saturated carbocycles. The summed E-state index contributed by atoms with van der Waals surface area (Å²) in [6.45, 7) is 1.92. The fourth-order valence-electron chi connectivity index (χ4n) is 2.00. The number of benzene rings is 1. The standard InChI is InChI=1S/C13H15BrClN3O2S/c1-3-10-13(15)11(18(2)17-10)7-21(19,20)12-5-4-8(16)6-9(12)14/h4-6H,3,7,16H2,1-2H3. The lowest BCUT2D eigenvalue weighted by Gasteiger charge is -2.08. The number of rotatable bonds is 4. The number of anilines is 1. The first-order valence-corrected chi connectivity index (χ1v) is 9.06. The van der Waals surface area contributed by atoms with Gasteiger partial charge in [0.25, 0.3) is 0 Å². The van der Waals surface area contributed by atoms with E-state index in [0.717, 1.165) is 0 Å². The van der Waals surface area contributed by atoms with Gasteiger partial charge in [-0.1, -0.05) is 18.5 Å². The van der Waals surface area contributed by atoms with E-state index >= 15 is 0 Å². The smallest absolute Gasteiger partial charge is 0.185 e. The molecule has 21 heavy (non-hydrogen) atoms. The Bertz CT molecular complexity index is 787. The van der Waals surface area contributed by atoms with Crippen molar-refractivity contribution in [2.24, 2.45) is 7.05 Å². The molecule has 0 saturated heterocycles. The van der Waals surface area contributed by atoms with E-state index in [1.807, 2.05) is 6.92 Å². The van der Waals surface area contributed by atoms with Gasteiger partial charge in [0.1, 0.15) is 0 Å². The Morgan fingerprint density at radius 3 is 2.62 bits per heavy atom. The van der Waals surface area contributed by atoms with Gasteiger partial charge in [-0.2, -0.15) is 5.10 Å². The normalized spacial score (nSPS) is 11.8. The molecule has 1 aromatic carbocycles. The van der Waals surface area contributed by atoms with E-state index in [-0.39, 0.29) is 10.6 Å².